The Morgan fingerprint density at radius 3 is 2.52 bits per heavy atom. The van der Waals surface area contributed by atoms with E-state index < -0.39 is 0 Å². The van der Waals surface area contributed by atoms with E-state index in [9.17, 15) is 4.79 Å². The Balaban J connectivity index is 2.16. The maximum atomic E-state index is 12.3. The van der Waals surface area contributed by atoms with Crippen LogP contribution in [-0.2, 0) is 4.79 Å². The lowest BCUT2D eigenvalue weighted by Gasteiger charge is -2.30. The monoisotopic (exact) mass is 369 g/mol. The Labute approximate surface area is 149 Å². The van der Waals surface area contributed by atoms with E-state index in [2.05, 4.69) is 0 Å². The zero-order valence-electron chi connectivity index (χ0n) is 12.1. The van der Waals surface area contributed by atoms with E-state index in [-0.39, 0.29) is 17.8 Å². The minimum atomic E-state index is -0.310. The lowest BCUT2D eigenvalue weighted by Crippen LogP contribution is -2.37. The molecule has 0 bridgehead atoms. The number of carbonyl (C=O) groups excluding carboxylic acids is 1. The molecule has 0 N–H and O–H groups in total. The lowest BCUT2D eigenvalue weighted by atomic mass is 9.96. The first-order valence-electron chi connectivity index (χ1n) is 7.13. The summed E-state index contributed by atoms with van der Waals surface area (Å²) in [5.74, 6) is 0.488. The molecule has 3 rings (SSSR count). The van der Waals surface area contributed by atoms with Crippen LogP contribution in [0.2, 0.25) is 10.0 Å². The SMILES string of the molecule is O=C(CCl)N1CCOc2ccc(Cl)cc2C1c1ccc(Cl)cc1. The van der Waals surface area contributed by atoms with Gasteiger partial charge in [0.15, 0.2) is 0 Å². The zero-order valence-corrected chi connectivity index (χ0v) is 14.4. The molecule has 1 heterocycles. The van der Waals surface area contributed by atoms with Gasteiger partial charge in [0.2, 0.25) is 5.91 Å². The molecule has 0 aromatic heterocycles. The average molecular weight is 371 g/mol. The second-order valence-corrected chi connectivity index (χ2v) is 6.35. The van der Waals surface area contributed by atoms with Crippen LogP contribution in [0.1, 0.15) is 17.2 Å². The number of hydrogen-bond donors (Lipinski definition) is 0. The molecule has 1 aliphatic rings. The van der Waals surface area contributed by atoms with Crippen molar-refractivity contribution in [2.24, 2.45) is 0 Å². The van der Waals surface area contributed by atoms with E-state index in [1.165, 1.54) is 0 Å². The lowest BCUT2D eigenvalue weighted by molar-refractivity contribution is -0.130. The third-order valence-electron chi connectivity index (χ3n) is 3.79. The van der Waals surface area contributed by atoms with E-state index >= 15 is 0 Å². The van der Waals surface area contributed by atoms with Crippen LogP contribution in [0, 0.1) is 0 Å². The highest BCUT2D eigenvalue weighted by molar-refractivity contribution is 6.31. The van der Waals surface area contributed by atoms with E-state index in [4.69, 9.17) is 39.5 Å². The highest BCUT2D eigenvalue weighted by atomic mass is 35.5. The summed E-state index contributed by atoms with van der Waals surface area (Å²) in [6.07, 6.45) is 0. The minimum absolute atomic E-state index is 0.0833. The molecule has 3 nitrogen and oxygen atoms in total. The Bertz CT molecular complexity index is 718. The number of ether oxygens (including phenoxy) is 1. The first-order chi connectivity index (χ1) is 11.1. The van der Waals surface area contributed by atoms with Crippen molar-refractivity contribution in [1.29, 1.82) is 0 Å². The van der Waals surface area contributed by atoms with Gasteiger partial charge >= 0.3 is 0 Å². The van der Waals surface area contributed by atoms with Crippen molar-refractivity contribution in [3.63, 3.8) is 0 Å². The van der Waals surface area contributed by atoms with E-state index in [1.807, 2.05) is 24.3 Å². The normalized spacial score (nSPS) is 17.2. The molecule has 2 aromatic carbocycles. The average Bonchev–Trinajstić information content (AvgIpc) is 2.74. The summed E-state index contributed by atoms with van der Waals surface area (Å²) in [5, 5.41) is 1.23. The number of amides is 1. The van der Waals surface area contributed by atoms with Crippen LogP contribution in [-0.4, -0.2) is 29.8 Å². The predicted molar refractivity (Wildman–Crippen MR) is 92.7 cm³/mol. The molecule has 6 heteroatoms. The van der Waals surface area contributed by atoms with Crippen LogP contribution in [0.25, 0.3) is 0 Å². The largest absolute Gasteiger partial charge is 0.491 e. The van der Waals surface area contributed by atoms with E-state index in [1.54, 1.807) is 23.1 Å². The zero-order chi connectivity index (χ0) is 16.4. The number of rotatable bonds is 2. The number of halogens is 3. The van der Waals surface area contributed by atoms with Crippen molar-refractivity contribution in [2.45, 2.75) is 6.04 Å². The van der Waals surface area contributed by atoms with E-state index in [0.29, 0.717) is 23.2 Å². The molecular weight excluding hydrogens is 357 g/mol. The molecule has 0 aliphatic carbocycles. The highest BCUT2D eigenvalue weighted by Gasteiger charge is 2.31. The molecule has 1 aliphatic heterocycles. The second-order valence-electron chi connectivity index (χ2n) is 5.21. The van der Waals surface area contributed by atoms with Crippen molar-refractivity contribution >= 4 is 40.7 Å². The van der Waals surface area contributed by atoms with Crippen LogP contribution in [0.15, 0.2) is 42.5 Å². The fourth-order valence-electron chi connectivity index (χ4n) is 2.77. The van der Waals surface area contributed by atoms with Gasteiger partial charge in [-0.15, -0.1) is 11.6 Å². The van der Waals surface area contributed by atoms with Crippen LogP contribution < -0.4 is 4.74 Å². The molecule has 120 valence electrons. The number of benzene rings is 2. The molecule has 2 aromatic rings. The van der Waals surface area contributed by atoms with Crippen molar-refractivity contribution in [2.75, 3.05) is 19.0 Å². The summed E-state index contributed by atoms with van der Waals surface area (Å²) in [6, 6.07) is 12.5. The number of nitrogens with zero attached hydrogens (tertiary/aromatic N) is 1. The van der Waals surface area contributed by atoms with Gasteiger partial charge < -0.3 is 9.64 Å². The van der Waals surface area contributed by atoms with Crippen LogP contribution in [0.4, 0.5) is 0 Å². The maximum Gasteiger partial charge on any atom is 0.238 e. The summed E-state index contributed by atoms with van der Waals surface area (Å²) < 4.78 is 5.78. The third-order valence-corrected chi connectivity index (χ3v) is 4.50. The fourth-order valence-corrected chi connectivity index (χ4v) is 3.23. The highest BCUT2D eigenvalue weighted by Crippen LogP contribution is 2.38. The van der Waals surface area contributed by atoms with Gasteiger partial charge in [-0.3, -0.25) is 4.79 Å². The molecule has 0 spiro atoms. The summed E-state index contributed by atoms with van der Waals surface area (Å²) in [4.78, 5) is 14.1. The number of alkyl halides is 1. The van der Waals surface area contributed by atoms with Crippen LogP contribution >= 0.6 is 34.8 Å². The standard InChI is InChI=1S/C17H14Cl3NO2/c18-10-16(22)21-7-8-23-15-6-5-13(20)9-14(15)17(21)11-1-3-12(19)4-2-11/h1-6,9,17H,7-8,10H2. The molecule has 1 amide bonds. The van der Waals surface area contributed by atoms with Crippen molar-refractivity contribution < 1.29 is 9.53 Å². The fraction of sp³-hybridized carbons (Fsp3) is 0.235. The number of fused-ring (bicyclic) bond motifs is 1. The predicted octanol–water partition coefficient (Wildman–Crippen LogP) is 4.54. The summed E-state index contributed by atoms with van der Waals surface area (Å²) in [5.41, 5.74) is 1.78. The quantitative estimate of drug-likeness (QED) is 0.726. The minimum Gasteiger partial charge on any atom is -0.491 e. The van der Waals surface area contributed by atoms with Gasteiger partial charge in [0.05, 0.1) is 12.6 Å². The van der Waals surface area contributed by atoms with E-state index in [0.717, 1.165) is 16.9 Å². The smallest absolute Gasteiger partial charge is 0.238 e. The third kappa shape index (κ3) is 3.42. The topological polar surface area (TPSA) is 29.5 Å². The Hall–Kier alpha value is -1.42. The number of carbonyl (C=O) groups is 1. The molecule has 23 heavy (non-hydrogen) atoms. The van der Waals surface area contributed by atoms with Crippen molar-refractivity contribution in [3.05, 3.63) is 63.6 Å². The van der Waals surface area contributed by atoms with Gasteiger partial charge in [-0.2, -0.15) is 0 Å². The molecular formula is C17H14Cl3NO2. The molecule has 0 fully saturated rings. The maximum absolute atomic E-state index is 12.3. The van der Waals surface area contributed by atoms with Crippen molar-refractivity contribution in [3.8, 4) is 5.75 Å². The second kappa shape index (κ2) is 7.00. The van der Waals surface area contributed by atoms with Gasteiger partial charge in [-0.1, -0.05) is 35.3 Å². The Morgan fingerprint density at radius 1 is 1.13 bits per heavy atom. The van der Waals surface area contributed by atoms with Crippen LogP contribution in [0.3, 0.4) is 0 Å². The number of hydrogen-bond acceptors (Lipinski definition) is 2. The van der Waals surface area contributed by atoms with Gasteiger partial charge in [-0.05, 0) is 35.9 Å². The summed E-state index contributed by atoms with van der Waals surface area (Å²) in [7, 11) is 0. The van der Waals surface area contributed by atoms with Gasteiger partial charge in [0.1, 0.15) is 18.2 Å². The molecule has 0 saturated heterocycles. The van der Waals surface area contributed by atoms with Crippen LogP contribution in [0.5, 0.6) is 5.75 Å². The first kappa shape index (κ1) is 16.4. The van der Waals surface area contributed by atoms with Crippen molar-refractivity contribution in [1.82, 2.24) is 4.90 Å². The molecule has 1 unspecified atom stereocenters. The first-order valence-corrected chi connectivity index (χ1v) is 8.42. The molecule has 1 atom stereocenters. The van der Waals surface area contributed by atoms with Gasteiger partial charge in [-0.25, -0.2) is 0 Å². The Kier molecular flexibility index (Phi) is 5.00. The molecule has 0 saturated carbocycles. The molecule has 0 radical (unpaired) electrons. The van der Waals surface area contributed by atoms with Gasteiger partial charge in [0.25, 0.3) is 0 Å². The Morgan fingerprint density at radius 2 is 1.83 bits per heavy atom. The summed E-state index contributed by atoms with van der Waals surface area (Å²) >= 11 is 17.9. The summed E-state index contributed by atoms with van der Waals surface area (Å²) in [6.45, 7) is 0.854. The van der Waals surface area contributed by atoms with Gasteiger partial charge in [0, 0.05) is 15.6 Å².